The standard InChI is InChI=1S/C22H21F2N3O4S2/c23-17-5-3-16(4-6-17)12-25-21(28)15-27(14-19-2-1-11-32-19)22(29)13-26-33(30,31)20-9-7-18(24)8-10-20/h1-11,26H,12-15H2,(H,25,28). The zero-order valence-electron chi connectivity index (χ0n) is 17.3. The number of sulfonamides is 1. The van der Waals surface area contributed by atoms with E-state index in [4.69, 9.17) is 0 Å². The van der Waals surface area contributed by atoms with Crippen molar-refractivity contribution in [1.29, 1.82) is 0 Å². The quantitative estimate of drug-likeness (QED) is 0.454. The Bertz CT molecular complexity index is 1180. The Kier molecular flexibility index (Phi) is 8.26. The molecule has 7 nitrogen and oxygen atoms in total. The van der Waals surface area contributed by atoms with Crippen LogP contribution in [0.1, 0.15) is 10.4 Å². The van der Waals surface area contributed by atoms with E-state index in [1.807, 2.05) is 5.38 Å². The van der Waals surface area contributed by atoms with Gasteiger partial charge in [-0.2, -0.15) is 0 Å². The number of carbonyl (C=O) groups is 2. The van der Waals surface area contributed by atoms with Crippen LogP contribution in [0.4, 0.5) is 8.78 Å². The molecule has 1 heterocycles. The average Bonchev–Trinajstić information content (AvgIpc) is 3.30. The van der Waals surface area contributed by atoms with E-state index < -0.39 is 34.2 Å². The van der Waals surface area contributed by atoms with Crippen LogP contribution in [0.3, 0.4) is 0 Å². The number of thiophene rings is 1. The molecule has 2 aromatic carbocycles. The molecule has 11 heteroatoms. The highest BCUT2D eigenvalue weighted by Crippen LogP contribution is 2.13. The summed E-state index contributed by atoms with van der Waals surface area (Å²) in [5.74, 6) is -2.03. The van der Waals surface area contributed by atoms with Crippen LogP contribution >= 0.6 is 11.3 Å². The maximum Gasteiger partial charge on any atom is 0.241 e. The fourth-order valence-electron chi connectivity index (χ4n) is 2.82. The van der Waals surface area contributed by atoms with E-state index in [0.29, 0.717) is 5.56 Å². The molecule has 0 saturated heterocycles. The Labute approximate surface area is 194 Å². The van der Waals surface area contributed by atoms with Crippen LogP contribution in [-0.4, -0.2) is 38.2 Å². The highest BCUT2D eigenvalue weighted by molar-refractivity contribution is 7.89. The van der Waals surface area contributed by atoms with E-state index in [1.54, 1.807) is 12.1 Å². The lowest BCUT2D eigenvalue weighted by Crippen LogP contribution is -2.44. The molecule has 3 rings (SSSR count). The minimum absolute atomic E-state index is 0.124. The molecular weight excluding hydrogens is 472 g/mol. The molecule has 0 atom stereocenters. The van der Waals surface area contributed by atoms with Crippen LogP contribution in [-0.2, 0) is 32.7 Å². The number of halogens is 2. The van der Waals surface area contributed by atoms with E-state index >= 15 is 0 Å². The van der Waals surface area contributed by atoms with Gasteiger partial charge in [0.1, 0.15) is 11.6 Å². The topological polar surface area (TPSA) is 95.6 Å². The molecule has 3 aromatic rings. The summed E-state index contributed by atoms with van der Waals surface area (Å²) in [5.41, 5.74) is 0.688. The number of carbonyl (C=O) groups excluding carboxylic acids is 2. The zero-order chi connectivity index (χ0) is 23.8. The SMILES string of the molecule is O=C(CN(Cc1cccs1)C(=O)CNS(=O)(=O)c1ccc(F)cc1)NCc1ccc(F)cc1. The average molecular weight is 494 g/mol. The van der Waals surface area contributed by atoms with Crippen LogP contribution in [0.2, 0.25) is 0 Å². The van der Waals surface area contributed by atoms with Crippen molar-refractivity contribution in [2.24, 2.45) is 0 Å². The van der Waals surface area contributed by atoms with Gasteiger partial charge in [-0.25, -0.2) is 21.9 Å². The highest BCUT2D eigenvalue weighted by atomic mass is 32.2. The molecule has 0 aliphatic carbocycles. The number of hydrogen-bond donors (Lipinski definition) is 2. The van der Waals surface area contributed by atoms with Gasteiger partial charge in [-0.1, -0.05) is 18.2 Å². The second kappa shape index (κ2) is 11.1. The van der Waals surface area contributed by atoms with Gasteiger partial charge in [0, 0.05) is 11.4 Å². The number of rotatable bonds is 10. The van der Waals surface area contributed by atoms with Gasteiger partial charge in [-0.3, -0.25) is 9.59 Å². The van der Waals surface area contributed by atoms with Crippen molar-refractivity contribution >= 4 is 33.2 Å². The van der Waals surface area contributed by atoms with Crippen molar-refractivity contribution in [3.63, 3.8) is 0 Å². The third kappa shape index (κ3) is 7.45. The number of amides is 2. The Morgan fingerprint density at radius 1 is 0.939 bits per heavy atom. The first-order valence-corrected chi connectivity index (χ1v) is 12.2. The summed E-state index contributed by atoms with van der Waals surface area (Å²) in [6, 6.07) is 13.4. The third-order valence-electron chi connectivity index (χ3n) is 4.55. The van der Waals surface area contributed by atoms with Crippen LogP contribution in [0.25, 0.3) is 0 Å². The minimum Gasteiger partial charge on any atom is -0.350 e. The fourth-order valence-corrected chi connectivity index (χ4v) is 4.51. The van der Waals surface area contributed by atoms with Gasteiger partial charge in [-0.15, -0.1) is 11.3 Å². The lowest BCUT2D eigenvalue weighted by Gasteiger charge is -2.22. The molecule has 2 N–H and O–H groups in total. The van der Waals surface area contributed by atoms with E-state index in [1.165, 1.54) is 40.5 Å². The molecule has 174 valence electrons. The zero-order valence-corrected chi connectivity index (χ0v) is 19.0. The summed E-state index contributed by atoms with van der Waals surface area (Å²) in [6.45, 7) is -0.595. The number of nitrogens with one attached hydrogen (secondary N) is 2. The Morgan fingerprint density at radius 2 is 1.58 bits per heavy atom. The first-order valence-electron chi connectivity index (χ1n) is 9.79. The van der Waals surface area contributed by atoms with E-state index in [-0.39, 0.29) is 30.3 Å². The van der Waals surface area contributed by atoms with Crippen molar-refractivity contribution in [2.45, 2.75) is 18.0 Å². The third-order valence-corrected chi connectivity index (χ3v) is 6.83. The van der Waals surface area contributed by atoms with Gasteiger partial charge in [0.2, 0.25) is 21.8 Å². The monoisotopic (exact) mass is 493 g/mol. The van der Waals surface area contributed by atoms with Gasteiger partial charge < -0.3 is 10.2 Å². The second-order valence-electron chi connectivity index (χ2n) is 7.01. The smallest absolute Gasteiger partial charge is 0.241 e. The van der Waals surface area contributed by atoms with Crippen molar-refractivity contribution in [3.05, 3.63) is 88.1 Å². The molecule has 2 amide bonds. The first kappa shape index (κ1) is 24.5. The van der Waals surface area contributed by atoms with Gasteiger partial charge >= 0.3 is 0 Å². The molecule has 1 aromatic heterocycles. The van der Waals surface area contributed by atoms with Crippen molar-refractivity contribution in [2.75, 3.05) is 13.1 Å². The highest BCUT2D eigenvalue weighted by Gasteiger charge is 2.21. The molecule has 0 radical (unpaired) electrons. The fraction of sp³-hybridized carbons (Fsp3) is 0.182. The van der Waals surface area contributed by atoms with Crippen molar-refractivity contribution in [3.8, 4) is 0 Å². The van der Waals surface area contributed by atoms with Crippen LogP contribution in [0.15, 0.2) is 70.9 Å². The normalized spacial score (nSPS) is 11.2. The van der Waals surface area contributed by atoms with Crippen LogP contribution in [0.5, 0.6) is 0 Å². The molecule has 0 spiro atoms. The molecule has 0 unspecified atom stereocenters. The summed E-state index contributed by atoms with van der Waals surface area (Å²) in [5, 5.41) is 4.48. The Morgan fingerprint density at radius 3 is 2.18 bits per heavy atom. The lowest BCUT2D eigenvalue weighted by molar-refractivity contribution is -0.135. The van der Waals surface area contributed by atoms with Crippen molar-refractivity contribution in [1.82, 2.24) is 14.9 Å². The molecule has 0 aliphatic heterocycles. The molecular formula is C22H21F2N3O4S2. The van der Waals surface area contributed by atoms with E-state index in [9.17, 15) is 26.8 Å². The van der Waals surface area contributed by atoms with E-state index in [0.717, 1.165) is 29.1 Å². The summed E-state index contributed by atoms with van der Waals surface area (Å²) in [6.07, 6.45) is 0. The van der Waals surface area contributed by atoms with E-state index in [2.05, 4.69) is 10.0 Å². The first-order chi connectivity index (χ1) is 15.7. The summed E-state index contributed by atoms with van der Waals surface area (Å²) >= 11 is 1.39. The Hall–Kier alpha value is -3.15. The maximum atomic E-state index is 13.1. The molecule has 33 heavy (non-hydrogen) atoms. The summed E-state index contributed by atoms with van der Waals surface area (Å²) in [7, 11) is -4.04. The molecule has 0 fully saturated rings. The summed E-state index contributed by atoms with van der Waals surface area (Å²) in [4.78, 5) is 27.1. The number of benzene rings is 2. The predicted octanol–water partition coefficient (Wildman–Crippen LogP) is 2.65. The number of hydrogen-bond acceptors (Lipinski definition) is 5. The molecule has 0 bridgehead atoms. The maximum absolute atomic E-state index is 13.1. The summed E-state index contributed by atoms with van der Waals surface area (Å²) < 4.78 is 53.0. The molecule has 0 aliphatic rings. The van der Waals surface area contributed by atoms with Gasteiger partial charge in [0.15, 0.2) is 0 Å². The van der Waals surface area contributed by atoms with Crippen LogP contribution in [0, 0.1) is 11.6 Å². The lowest BCUT2D eigenvalue weighted by atomic mass is 10.2. The number of nitrogens with zero attached hydrogens (tertiary/aromatic N) is 1. The Balaban J connectivity index is 1.62. The minimum atomic E-state index is -4.04. The van der Waals surface area contributed by atoms with Crippen LogP contribution < -0.4 is 10.0 Å². The second-order valence-corrected chi connectivity index (χ2v) is 9.81. The van der Waals surface area contributed by atoms with Gasteiger partial charge in [0.05, 0.1) is 24.5 Å². The van der Waals surface area contributed by atoms with Gasteiger partial charge in [0.25, 0.3) is 0 Å². The van der Waals surface area contributed by atoms with Crippen molar-refractivity contribution < 1.29 is 26.8 Å². The largest absolute Gasteiger partial charge is 0.350 e. The van der Waals surface area contributed by atoms with Gasteiger partial charge in [-0.05, 0) is 53.4 Å². The predicted molar refractivity (Wildman–Crippen MR) is 120 cm³/mol. The molecule has 0 saturated carbocycles.